The lowest BCUT2D eigenvalue weighted by molar-refractivity contribution is -0.0352. The van der Waals surface area contributed by atoms with E-state index in [4.69, 9.17) is 0 Å². The highest BCUT2D eigenvalue weighted by Crippen LogP contribution is 2.48. The van der Waals surface area contributed by atoms with Crippen molar-refractivity contribution in [3.05, 3.63) is 47.5 Å². The molecule has 1 heterocycles. The summed E-state index contributed by atoms with van der Waals surface area (Å²) < 4.78 is 1.79. The summed E-state index contributed by atoms with van der Waals surface area (Å²) in [6, 6.07) is 8.66. The maximum atomic E-state index is 11.4. The zero-order chi connectivity index (χ0) is 14.4. The Bertz CT molecular complexity index is 631. The van der Waals surface area contributed by atoms with Crippen molar-refractivity contribution in [2.24, 2.45) is 18.9 Å². The molecule has 1 aromatic heterocycles. The van der Waals surface area contributed by atoms with Crippen LogP contribution < -0.4 is 0 Å². The molecule has 2 bridgehead atoms. The Balaban J connectivity index is 1.70. The monoisotopic (exact) mass is 283 g/mol. The second kappa shape index (κ2) is 4.67. The number of rotatable bonds is 2. The highest BCUT2D eigenvalue weighted by Gasteiger charge is 2.50. The molecular weight excluding hydrogens is 262 g/mol. The molecule has 4 heteroatoms. The molecule has 0 spiro atoms. The van der Waals surface area contributed by atoms with Crippen LogP contribution in [0.1, 0.15) is 29.8 Å². The predicted molar refractivity (Wildman–Crippen MR) is 79.7 cm³/mol. The molecule has 0 radical (unpaired) electrons. The van der Waals surface area contributed by atoms with Gasteiger partial charge in [0.2, 0.25) is 0 Å². The fraction of sp³-hybridized carbons (Fsp3) is 0.529. The molecule has 0 saturated heterocycles. The van der Waals surface area contributed by atoms with Crippen LogP contribution in [0.25, 0.3) is 0 Å². The molecule has 110 valence electrons. The summed E-state index contributed by atoms with van der Waals surface area (Å²) in [7, 11) is 1.90. The zero-order valence-corrected chi connectivity index (χ0v) is 12.4. The second-order valence-electron chi connectivity index (χ2n) is 6.62. The lowest BCUT2D eigenvalue weighted by Gasteiger charge is -2.33. The van der Waals surface area contributed by atoms with Crippen LogP contribution in [-0.4, -0.2) is 25.5 Å². The quantitative estimate of drug-likeness (QED) is 0.916. The van der Waals surface area contributed by atoms with Gasteiger partial charge in [0.15, 0.2) is 0 Å². The third-order valence-electron chi connectivity index (χ3n) is 5.57. The van der Waals surface area contributed by atoms with E-state index < -0.39 is 5.60 Å². The maximum absolute atomic E-state index is 11.4. The van der Waals surface area contributed by atoms with Crippen molar-refractivity contribution in [3.63, 3.8) is 0 Å². The van der Waals surface area contributed by atoms with Gasteiger partial charge in [0.25, 0.3) is 0 Å². The first kappa shape index (κ1) is 13.0. The third-order valence-corrected chi connectivity index (χ3v) is 5.57. The van der Waals surface area contributed by atoms with Gasteiger partial charge < -0.3 is 5.11 Å². The van der Waals surface area contributed by atoms with Crippen molar-refractivity contribution in [3.8, 4) is 0 Å². The van der Waals surface area contributed by atoms with Gasteiger partial charge in [-0.3, -0.25) is 4.68 Å². The summed E-state index contributed by atoms with van der Waals surface area (Å²) in [5, 5.41) is 15.6. The average molecular weight is 283 g/mol. The first-order valence-electron chi connectivity index (χ1n) is 7.79. The molecule has 0 aliphatic heterocycles. The van der Waals surface area contributed by atoms with Crippen molar-refractivity contribution in [1.29, 1.82) is 0 Å². The second-order valence-corrected chi connectivity index (χ2v) is 6.62. The molecule has 1 saturated carbocycles. The van der Waals surface area contributed by atoms with Crippen LogP contribution in [0, 0.1) is 11.8 Å². The molecule has 4 rings (SSSR count). The lowest BCUT2D eigenvalue weighted by Crippen LogP contribution is -2.43. The van der Waals surface area contributed by atoms with Gasteiger partial charge in [0.05, 0.1) is 5.60 Å². The predicted octanol–water partition coefficient (Wildman–Crippen LogP) is 1.91. The first-order valence-corrected chi connectivity index (χ1v) is 7.79. The van der Waals surface area contributed by atoms with Crippen LogP contribution in [0.4, 0.5) is 0 Å². The van der Waals surface area contributed by atoms with Crippen LogP contribution in [0.5, 0.6) is 0 Å². The van der Waals surface area contributed by atoms with E-state index in [-0.39, 0.29) is 0 Å². The molecule has 4 nitrogen and oxygen atoms in total. The van der Waals surface area contributed by atoms with E-state index in [9.17, 15) is 5.11 Å². The molecule has 21 heavy (non-hydrogen) atoms. The number of fused-ring (bicyclic) bond motifs is 3. The van der Waals surface area contributed by atoms with Crippen molar-refractivity contribution < 1.29 is 5.11 Å². The Labute approximate surface area is 124 Å². The molecule has 2 aliphatic carbocycles. The molecule has 2 aromatic rings. The summed E-state index contributed by atoms with van der Waals surface area (Å²) in [4.78, 5) is 4.32. The lowest BCUT2D eigenvalue weighted by atomic mass is 9.79. The molecular formula is C17H21N3O. The summed E-state index contributed by atoms with van der Waals surface area (Å²) >= 11 is 0. The normalized spacial score (nSPS) is 31.0. The topological polar surface area (TPSA) is 50.9 Å². The molecule has 0 amide bonds. The Morgan fingerprint density at radius 2 is 1.81 bits per heavy atom. The van der Waals surface area contributed by atoms with E-state index in [2.05, 4.69) is 34.3 Å². The van der Waals surface area contributed by atoms with Crippen LogP contribution in [0.15, 0.2) is 30.6 Å². The Morgan fingerprint density at radius 1 is 1.19 bits per heavy atom. The Kier molecular flexibility index (Phi) is 2.89. The fourth-order valence-electron chi connectivity index (χ4n) is 4.30. The third kappa shape index (κ3) is 2.01. The Morgan fingerprint density at radius 3 is 2.33 bits per heavy atom. The molecule has 1 aromatic carbocycles. The van der Waals surface area contributed by atoms with E-state index >= 15 is 0 Å². The van der Waals surface area contributed by atoms with Crippen LogP contribution >= 0.6 is 0 Å². The fourth-order valence-corrected chi connectivity index (χ4v) is 4.30. The molecule has 1 N–H and O–H groups in total. The number of benzene rings is 1. The summed E-state index contributed by atoms with van der Waals surface area (Å²) in [5.41, 5.74) is 2.20. The number of aliphatic hydroxyl groups is 1. The summed E-state index contributed by atoms with van der Waals surface area (Å²) in [6.07, 6.45) is 6.40. The number of hydrogen-bond acceptors (Lipinski definition) is 3. The van der Waals surface area contributed by atoms with E-state index in [1.54, 1.807) is 11.0 Å². The maximum Gasteiger partial charge on any atom is 0.138 e. The molecule has 2 unspecified atom stereocenters. The van der Waals surface area contributed by atoms with E-state index in [1.165, 1.54) is 11.1 Å². The first-order chi connectivity index (χ1) is 10.2. The van der Waals surface area contributed by atoms with Gasteiger partial charge in [0, 0.05) is 13.5 Å². The SMILES string of the molecule is Cn1ncnc1CC1(O)C2CCC1Cc1ccccc1C2. The van der Waals surface area contributed by atoms with Gasteiger partial charge in [-0.2, -0.15) is 5.10 Å². The van der Waals surface area contributed by atoms with Crippen LogP contribution in [0.2, 0.25) is 0 Å². The van der Waals surface area contributed by atoms with Crippen LogP contribution in [0.3, 0.4) is 0 Å². The largest absolute Gasteiger partial charge is 0.389 e. The summed E-state index contributed by atoms with van der Waals surface area (Å²) in [5.74, 6) is 1.56. The van der Waals surface area contributed by atoms with Gasteiger partial charge >= 0.3 is 0 Å². The van der Waals surface area contributed by atoms with E-state index in [0.717, 1.165) is 31.5 Å². The van der Waals surface area contributed by atoms with E-state index in [1.807, 2.05) is 7.05 Å². The standard InChI is InChI=1S/C17H21N3O/c1-20-16(18-11-19-20)10-17(21)14-6-7-15(17)9-13-5-3-2-4-12(13)8-14/h2-5,11,14-15,21H,6-10H2,1H3. The minimum absolute atomic E-state index is 0.336. The van der Waals surface area contributed by atoms with Crippen LogP contribution in [-0.2, 0) is 26.3 Å². The highest BCUT2D eigenvalue weighted by atomic mass is 16.3. The summed E-state index contributed by atoms with van der Waals surface area (Å²) in [6.45, 7) is 0. The minimum Gasteiger partial charge on any atom is -0.389 e. The van der Waals surface area contributed by atoms with E-state index in [0.29, 0.717) is 18.3 Å². The van der Waals surface area contributed by atoms with Crippen molar-refractivity contribution in [2.75, 3.05) is 0 Å². The molecule has 2 aliphatic rings. The van der Waals surface area contributed by atoms with Gasteiger partial charge in [-0.25, -0.2) is 4.98 Å². The smallest absolute Gasteiger partial charge is 0.138 e. The molecule has 1 fully saturated rings. The Hall–Kier alpha value is -1.68. The number of aromatic nitrogens is 3. The zero-order valence-electron chi connectivity index (χ0n) is 12.4. The highest BCUT2D eigenvalue weighted by molar-refractivity contribution is 5.32. The van der Waals surface area contributed by atoms with Gasteiger partial charge in [-0.1, -0.05) is 24.3 Å². The van der Waals surface area contributed by atoms with Gasteiger partial charge in [-0.05, 0) is 48.6 Å². The van der Waals surface area contributed by atoms with Crippen molar-refractivity contribution in [1.82, 2.24) is 14.8 Å². The minimum atomic E-state index is -0.639. The molecule has 2 atom stereocenters. The van der Waals surface area contributed by atoms with Crippen molar-refractivity contribution >= 4 is 0 Å². The van der Waals surface area contributed by atoms with Gasteiger partial charge in [-0.15, -0.1) is 0 Å². The van der Waals surface area contributed by atoms with Crippen molar-refractivity contribution in [2.45, 2.75) is 37.7 Å². The number of nitrogens with zero attached hydrogens (tertiary/aromatic N) is 3. The van der Waals surface area contributed by atoms with Gasteiger partial charge in [0.1, 0.15) is 12.2 Å². The number of hydrogen-bond donors (Lipinski definition) is 1. The average Bonchev–Trinajstić information content (AvgIpc) is 2.93. The number of aryl methyl sites for hydroxylation is 1.